The summed E-state index contributed by atoms with van der Waals surface area (Å²) in [5, 5.41) is 9.86. The molecule has 0 saturated carbocycles. The van der Waals surface area contributed by atoms with Crippen molar-refractivity contribution in [3.8, 4) is 0 Å². The summed E-state index contributed by atoms with van der Waals surface area (Å²) in [5.74, 6) is -5.34. The van der Waals surface area contributed by atoms with E-state index in [0.717, 1.165) is 17.0 Å². The fourth-order valence-corrected chi connectivity index (χ4v) is 3.12. The highest BCUT2D eigenvalue weighted by molar-refractivity contribution is 6.31. The van der Waals surface area contributed by atoms with Crippen LogP contribution in [0.1, 0.15) is 27.3 Å². The number of nitrogens with one attached hydrogen (secondary N) is 1. The number of aromatic nitrogens is 3. The van der Waals surface area contributed by atoms with Crippen LogP contribution in [0, 0.1) is 5.82 Å². The molecule has 2 aromatic rings. The van der Waals surface area contributed by atoms with Crippen molar-refractivity contribution in [3.05, 3.63) is 46.5 Å². The molecule has 1 fully saturated rings. The molecular formula is C16H15ClF3N5O2. The Morgan fingerprint density at radius 3 is 2.85 bits per heavy atom. The van der Waals surface area contributed by atoms with Gasteiger partial charge < -0.3 is 10.2 Å². The second-order valence-electron chi connectivity index (χ2n) is 6.18. The van der Waals surface area contributed by atoms with Gasteiger partial charge in [0.2, 0.25) is 0 Å². The average Bonchev–Trinajstić information content (AvgIpc) is 3.20. The van der Waals surface area contributed by atoms with Crippen LogP contribution in [-0.4, -0.2) is 57.3 Å². The SMILES string of the molecule is CNC(=O)c1cn(CC2CC(F)(F)CN2C(=O)c2cc(Cl)ccc2F)nn1. The highest BCUT2D eigenvalue weighted by Gasteiger charge is 2.47. The molecule has 0 spiro atoms. The van der Waals surface area contributed by atoms with Gasteiger partial charge in [0.25, 0.3) is 17.7 Å². The van der Waals surface area contributed by atoms with E-state index in [-0.39, 0.29) is 22.8 Å². The molecule has 1 unspecified atom stereocenters. The van der Waals surface area contributed by atoms with Gasteiger partial charge in [-0.2, -0.15) is 0 Å². The molecule has 3 rings (SSSR count). The Balaban J connectivity index is 1.84. The van der Waals surface area contributed by atoms with E-state index in [1.807, 2.05) is 0 Å². The van der Waals surface area contributed by atoms with Crippen molar-refractivity contribution in [1.82, 2.24) is 25.2 Å². The van der Waals surface area contributed by atoms with Crippen LogP contribution in [0.15, 0.2) is 24.4 Å². The fourth-order valence-electron chi connectivity index (χ4n) is 2.95. The van der Waals surface area contributed by atoms with Gasteiger partial charge in [-0.15, -0.1) is 5.10 Å². The van der Waals surface area contributed by atoms with Gasteiger partial charge in [0.1, 0.15) is 5.82 Å². The zero-order valence-electron chi connectivity index (χ0n) is 14.1. The van der Waals surface area contributed by atoms with Crippen molar-refractivity contribution in [2.75, 3.05) is 13.6 Å². The summed E-state index contributed by atoms with van der Waals surface area (Å²) in [4.78, 5) is 25.1. The molecule has 1 atom stereocenters. The van der Waals surface area contributed by atoms with Gasteiger partial charge in [0, 0.05) is 18.5 Å². The Hall–Kier alpha value is -2.62. The van der Waals surface area contributed by atoms with Crippen molar-refractivity contribution in [2.24, 2.45) is 0 Å². The predicted molar refractivity (Wildman–Crippen MR) is 89.2 cm³/mol. The van der Waals surface area contributed by atoms with E-state index in [0.29, 0.717) is 0 Å². The van der Waals surface area contributed by atoms with Crippen LogP contribution in [0.3, 0.4) is 0 Å². The highest BCUT2D eigenvalue weighted by atomic mass is 35.5. The maximum atomic E-state index is 14.0. The highest BCUT2D eigenvalue weighted by Crippen LogP contribution is 2.34. The van der Waals surface area contributed by atoms with E-state index in [1.165, 1.54) is 24.0 Å². The zero-order chi connectivity index (χ0) is 19.8. The Bertz CT molecular complexity index is 889. The summed E-state index contributed by atoms with van der Waals surface area (Å²) >= 11 is 5.79. The first-order valence-electron chi connectivity index (χ1n) is 7.96. The minimum atomic E-state index is -3.13. The van der Waals surface area contributed by atoms with Crippen molar-refractivity contribution in [3.63, 3.8) is 0 Å². The van der Waals surface area contributed by atoms with Gasteiger partial charge in [-0.05, 0) is 18.2 Å². The zero-order valence-corrected chi connectivity index (χ0v) is 14.9. The van der Waals surface area contributed by atoms with Gasteiger partial charge in [0.05, 0.1) is 30.9 Å². The number of benzene rings is 1. The van der Waals surface area contributed by atoms with E-state index in [2.05, 4.69) is 15.6 Å². The number of hydrogen-bond donors (Lipinski definition) is 1. The Morgan fingerprint density at radius 1 is 1.41 bits per heavy atom. The monoisotopic (exact) mass is 401 g/mol. The second-order valence-corrected chi connectivity index (χ2v) is 6.61. The number of likely N-dealkylation sites (tertiary alicyclic amines) is 1. The lowest BCUT2D eigenvalue weighted by atomic mass is 10.1. The Kier molecular flexibility index (Phi) is 5.09. The first kappa shape index (κ1) is 19.2. The van der Waals surface area contributed by atoms with E-state index < -0.39 is 42.6 Å². The molecule has 0 bridgehead atoms. The summed E-state index contributed by atoms with van der Waals surface area (Å²) in [6, 6.07) is 2.42. The molecule has 1 aromatic carbocycles. The molecule has 27 heavy (non-hydrogen) atoms. The van der Waals surface area contributed by atoms with Crippen LogP contribution < -0.4 is 5.32 Å². The molecule has 0 radical (unpaired) electrons. The summed E-state index contributed by atoms with van der Waals surface area (Å²) in [6.07, 6.45) is 0.675. The van der Waals surface area contributed by atoms with Crippen molar-refractivity contribution >= 4 is 23.4 Å². The molecule has 11 heteroatoms. The number of amides is 2. The van der Waals surface area contributed by atoms with Gasteiger partial charge in [-0.3, -0.25) is 9.59 Å². The third-order valence-corrected chi connectivity index (χ3v) is 4.43. The Morgan fingerprint density at radius 2 is 2.15 bits per heavy atom. The van der Waals surface area contributed by atoms with Crippen LogP contribution in [-0.2, 0) is 6.54 Å². The molecule has 0 aliphatic carbocycles. The first-order chi connectivity index (χ1) is 12.7. The molecule has 1 aliphatic rings. The Labute approximate surface area is 157 Å². The maximum Gasteiger partial charge on any atom is 0.273 e. The van der Waals surface area contributed by atoms with Crippen LogP contribution in [0.5, 0.6) is 0 Å². The van der Waals surface area contributed by atoms with Crippen LogP contribution in [0.2, 0.25) is 5.02 Å². The van der Waals surface area contributed by atoms with Gasteiger partial charge in [-0.1, -0.05) is 16.8 Å². The minimum absolute atomic E-state index is 0.0148. The van der Waals surface area contributed by atoms with Crippen LogP contribution in [0.4, 0.5) is 13.2 Å². The maximum absolute atomic E-state index is 14.0. The number of rotatable bonds is 4. The third kappa shape index (κ3) is 4.05. The van der Waals surface area contributed by atoms with E-state index >= 15 is 0 Å². The lowest BCUT2D eigenvalue weighted by Gasteiger charge is -2.24. The number of halogens is 4. The van der Waals surface area contributed by atoms with E-state index in [4.69, 9.17) is 11.6 Å². The number of nitrogens with zero attached hydrogens (tertiary/aromatic N) is 4. The number of carbonyl (C=O) groups excluding carboxylic acids is 2. The van der Waals surface area contributed by atoms with Crippen LogP contribution >= 0.6 is 11.6 Å². The van der Waals surface area contributed by atoms with Crippen molar-refractivity contribution in [1.29, 1.82) is 0 Å². The lowest BCUT2D eigenvalue weighted by molar-refractivity contribution is 0.0116. The standard InChI is InChI=1S/C16H15ClF3N5O2/c1-21-14(26)13-7-24(23-22-13)6-10-5-16(19,20)8-25(10)15(27)11-4-9(17)2-3-12(11)18/h2-4,7,10H,5-6,8H2,1H3,(H,21,26). The summed E-state index contributed by atoms with van der Waals surface area (Å²) in [5.41, 5.74) is -0.365. The third-order valence-electron chi connectivity index (χ3n) is 4.19. The average molecular weight is 402 g/mol. The molecule has 7 nitrogen and oxygen atoms in total. The molecule has 2 amide bonds. The van der Waals surface area contributed by atoms with Gasteiger partial charge >= 0.3 is 0 Å². The molecule has 1 aliphatic heterocycles. The first-order valence-corrected chi connectivity index (χ1v) is 8.34. The van der Waals surface area contributed by atoms with Crippen molar-refractivity contribution in [2.45, 2.75) is 24.9 Å². The molecule has 1 saturated heterocycles. The molecule has 144 valence electrons. The molecule has 1 N–H and O–H groups in total. The predicted octanol–water partition coefficient (Wildman–Crippen LogP) is 1.98. The second kappa shape index (κ2) is 7.18. The molecule has 2 heterocycles. The molecular weight excluding hydrogens is 387 g/mol. The van der Waals surface area contributed by atoms with Gasteiger partial charge in [-0.25, -0.2) is 17.9 Å². The topological polar surface area (TPSA) is 80.1 Å². The number of carbonyl (C=O) groups is 2. The minimum Gasteiger partial charge on any atom is -0.354 e. The summed E-state index contributed by atoms with van der Waals surface area (Å²) < 4.78 is 43.1. The fraction of sp³-hybridized carbons (Fsp3) is 0.375. The largest absolute Gasteiger partial charge is 0.354 e. The number of alkyl halides is 2. The van der Waals surface area contributed by atoms with Crippen LogP contribution in [0.25, 0.3) is 0 Å². The summed E-state index contributed by atoms with van der Waals surface area (Å²) in [6.45, 7) is -0.965. The van der Waals surface area contributed by atoms with E-state index in [1.54, 1.807) is 0 Å². The quantitative estimate of drug-likeness (QED) is 0.849. The van der Waals surface area contributed by atoms with Crippen molar-refractivity contribution < 1.29 is 22.8 Å². The lowest BCUT2D eigenvalue weighted by Crippen LogP contribution is -2.39. The summed E-state index contributed by atoms with van der Waals surface area (Å²) in [7, 11) is 1.42. The van der Waals surface area contributed by atoms with Gasteiger partial charge in [0.15, 0.2) is 5.69 Å². The normalized spacial score (nSPS) is 18.6. The van der Waals surface area contributed by atoms with E-state index in [9.17, 15) is 22.8 Å². The number of hydrogen-bond acceptors (Lipinski definition) is 4. The molecule has 1 aromatic heterocycles. The smallest absolute Gasteiger partial charge is 0.273 e.